The average molecular weight is 352 g/mol. The molecule has 0 saturated carbocycles. The maximum absolute atomic E-state index is 14.1. The van der Waals surface area contributed by atoms with Crippen molar-refractivity contribution in [2.45, 2.75) is 19.1 Å². The molecule has 2 heterocycles. The van der Waals surface area contributed by atoms with Gasteiger partial charge in [-0.25, -0.2) is 9.37 Å². The van der Waals surface area contributed by atoms with E-state index >= 15 is 0 Å². The summed E-state index contributed by atoms with van der Waals surface area (Å²) < 4.78 is 53.4. The molecule has 0 unspecified atom stereocenters. The Morgan fingerprint density at radius 1 is 1.24 bits per heavy atom. The summed E-state index contributed by atoms with van der Waals surface area (Å²) in [5.41, 5.74) is -0.818. The van der Waals surface area contributed by atoms with Crippen LogP contribution in [0.4, 0.5) is 17.6 Å². The van der Waals surface area contributed by atoms with Crippen LogP contribution in [-0.4, -0.2) is 19.7 Å². The van der Waals surface area contributed by atoms with Crippen LogP contribution in [-0.2, 0) is 6.18 Å². The molecule has 2 aromatic heterocycles. The number of hydrogen-bond acceptors (Lipinski definition) is 3. The van der Waals surface area contributed by atoms with E-state index < -0.39 is 23.6 Å². The highest BCUT2D eigenvalue weighted by Gasteiger charge is 2.31. The van der Waals surface area contributed by atoms with Gasteiger partial charge in [-0.15, -0.1) is 0 Å². The fraction of sp³-hybridized carbons (Fsp3) is 0.188. The lowest BCUT2D eigenvalue weighted by atomic mass is 10.1. The van der Waals surface area contributed by atoms with Gasteiger partial charge in [-0.3, -0.25) is 9.48 Å². The molecule has 0 aliphatic rings. The topological polar surface area (TPSA) is 63.6 Å². The minimum atomic E-state index is -4.60. The Hall–Kier alpha value is -2.97. The molecule has 25 heavy (non-hydrogen) atoms. The van der Waals surface area contributed by atoms with E-state index in [2.05, 4.69) is 15.1 Å². The van der Waals surface area contributed by atoms with Gasteiger partial charge >= 0.3 is 6.18 Å². The van der Waals surface area contributed by atoms with E-state index in [9.17, 15) is 22.4 Å². The zero-order valence-electron chi connectivity index (χ0n) is 12.9. The van der Waals surface area contributed by atoms with Gasteiger partial charge in [0.15, 0.2) is 0 Å². The number of aromatic amines is 1. The van der Waals surface area contributed by atoms with Gasteiger partial charge in [0.1, 0.15) is 11.6 Å². The minimum Gasteiger partial charge on any atom is -0.306 e. The van der Waals surface area contributed by atoms with Gasteiger partial charge in [0.05, 0.1) is 23.4 Å². The predicted octanol–water partition coefficient (Wildman–Crippen LogP) is 3.40. The molecular weight excluding hydrogens is 340 g/mol. The first kappa shape index (κ1) is 16.9. The van der Waals surface area contributed by atoms with Gasteiger partial charge in [0, 0.05) is 24.0 Å². The van der Waals surface area contributed by atoms with Crippen LogP contribution >= 0.6 is 0 Å². The zero-order chi connectivity index (χ0) is 18.2. The van der Waals surface area contributed by atoms with Crippen molar-refractivity contribution in [3.63, 3.8) is 0 Å². The molecule has 0 bridgehead atoms. The van der Waals surface area contributed by atoms with Crippen LogP contribution in [0.2, 0.25) is 0 Å². The smallest absolute Gasteiger partial charge is 0.306 e. The minimum absolute atomic E-state index is 0.0668. The summed E-state index contributed by atoms with van der Waals surface area (Å²) in [6.45, 7) is 1.60. The van der Waals surface area contributed by atoms with Gasteiger partial charge in [0.2, 0.25) is 0 Å². The van der Waals surface area contributed by atoms with Gasteiger partial charge in [0.25, 0.3) is 5.56 Å². The first-order valence-corrected chi connectivity index (χ1v) is 7.22. The first-order chi connectivity index (χ1) is 11.8. The number of H-pyrrole nitrogens is 1. The molecule has 1 aromatic carbocycles. The first-order valence-electron chi connectivity index (χ1n) is 7.22. The lowest BCUT2D eigenvalue weighted by Gasteiger charge is -2.15. The highest BCUT2D eigenvalue weighted by Crippen LogP contribution is 2.32. The Kier molecular flexibility index (Phi) is 4.15. The van der Waals surface area contributed by atoms with Gasteiger partial charge in [-0.1, -0.05) is 6.07 Å². The summed E-state index contributed by atoms with van der Waals surface area (Å²) in [7, 11) is 0. The van der Waals surface area contributed by atoms with Crippen LogP contribution in [0.15, 0.2) is 47.7 Å². The third kappa shape index (κ3) is 3.44. The molecular formula is C16H12F4N4O. The number of halogens is 4. The summed E-state index contributed by atoms with van der Waals surface area (Å²) in [5, 5.41) is 4.08. The van der Waals surface area contributed by atoms with Gasteiger partial charge in [-0.2, -0.15) is 18.3 Å². The van der Waals surface area contributed by atoms with E-state index in [1.165, 1.54) is 29.3 Å². The number of aromatic nitrogens is 4. The molecule has 0 aliphatic heterocycles. The van der Waals surface area contributed by atoms with Crippen molar-refractivity contribution in [2.24, 2.45) is 0 Å². The molecule has 0 fully saturated rings. The molecule has 0 aliphatic carbocycles. The van der Waals surface area contributed by atoms with Crippen molar-refractivity contribution in [3.8, 4) is 11.4 Å². The summed E-state index contributed by atoms with van der Waals surface area (Å²) in [6, 6.07) is 3.00. The number of rotatable bonds is 3. The van der Waals surface area contributed by atoms with Crippen LogP contribution in [0.5, 0.6) is 0 Å². The maximum Gasteiger partial charge on any atom is 0.416 e. The largest absolute Gasteiger partial charge is 0.416 e. The van der Waals surface area contributed by atoms with Gasteiger partial charge in [-0.05, 0) is 19.1 Å². The van der Waals surface area contributed by atoms with Crippen LogP contribution in [0.1, 0.15) is 24.1 Å². The van der Waals surface area contributed by atoms with Crippen molar-refractivity contribution in [1.29, 1.82) is 0 Å². The Morgan fingerprint density at radius 3 is 2.64 bits per heavy atom. The third-order valence-corrected chi connectivity index (χ3v) is 3.72. The summed E-state index contributed by atoms with van der Waals surface area (Å²) in [6.07, 6.45) is -0.312. The molecule has 0 spiro atoms. The second kappa shape index (κ2) is 6.15. The fourth-order valence-electron chi connectivity index (χ4n) is 2.37. The van der Waals surface area contributed by atoms with E-state index in [4.69, 9.17) is 0 Å². The van der Waals surface area contributed by atoms with Crippen molar-refractivity contribution >= 4 is 0 Å². The van der Waals surface area contributed by atoms with Crippen LogP contribution in [0.3, 0.4) is 0 Å². The van der Waals surface area contributed by atoms with Gasteiger partial charge < -0.3 is 4.98 Å². The fourth-order valence-corrected chi connectivity index (χ4v) is 2.37. The Balaban J connectivity index is 1.92. The summed E-state index contributed by atoms with van der Waals surface area (Å²) >= 11 is 0. The number of hydrogen-bond donors (Lipinski definition) is 1. The lowest BCUT2D eigenvalue weighted by molar-refractivity contribution is -0.137. The number of nitrogens with one attached hydrogen (secondary N) is 1. The summed E-state index contributed by atoms with van der Waals surface area (Å²) in [5.74, 6) is -0.676. The lowest BCUT2D eigenvalue weighted by Crippen LogP contribution is -2.11. The third-order valence-electron chi connectivity index (χ3n) is 3.72. The van der Waals surface area contributed by atoms with Crippen LogP contribution in [0, 0.1) is 5.82 Å². The maximum atomic E-state index is 14.1. The van der Waals surface area contributed by atoms with E-state index in [-0.39, 0.29) is 11.1 Å². The molecule has 1 atom stereocenters. The Bertz CT molecular complexity index is 961. The molecule has 130 valence electrons. The van der Waals surface area contributed by atoms with Crippen molar-refractivity contribution in [2.75, 3.05) is 0 Å². The standard InChI is InChI=1S/C16H12F4N4O/c1-9(12-3-2-11(6-13(12)17)16(18,19)20)24-8-10(7-22-24)15-21-5-4-14(25)23-15/h2-9H,1H3,(H,21,23,25)/t9-/m1/s1. The molecule has 9 heteroatoms. The van der Waals surface area contributed by atoms with Crippen molar-refractivity contribution < 1.29 is 17.6 Å². The predicted molar refractivity (Wildman–Crippen MR) is 81.3 cm³/mol. The van der Waals surface area contributed by atoms with E-state index in [1.54, 1.807) is 6.92 Å². The Morgan fingerprint density at radius 2 is 2.00 bits per heavy atom. The molecule has 1 N–H and O–H groups in total. The number of benzene rings is 1. The molecule has 0 radical (unpaired) electrons. The van der Waals surface area contributed by atoms with E-state index in [0.29, 0.717) is 17.5 Å². The zero-order valence-corrected chi connectivity index (χ0v) is 12.9. The van der Waals surface area contributed by atoms with Crippen LogP contribution in [0.25, 0.3) is 11.4 Å². The monoisotopic (exact) mass is 352 g/mol. The average Bonchev–Trinajstić information content (AvgIpc) is 3.03. The SMILES string of the molecule is C[C@H](c1ccc(C(F)(F)F)cc1F)n1cc(-c2nccc(=O)[nH]2)cn1. The number of nitrogens with zero attached hydrogens (tertiary/aromatic N) is 3. The number of alkyl halides is 3. The van der Waals surface area contributed by atoms with Crippen molar-refractivity contribution in [3.05, 3.63) is 70.2 Å². The molecule has 3 rings (SSSR count). The van der Waals surface area contributed by atoms with E-state index in [1.807, 2.05) is 0 Å². The molecule has 3 aromatic rings. The Labute approximate surface area is 139 Å². The summed E-state index contributed by atoms with van der Waals surface area (Å²) in [4.78, 5) is 17.9. The quantitative estimate of drug-likeness (QED) is 0.735. The normalized spacial score (nSPS) is 13.0. The van der Waals surface area contributed by atoms with Crippen molar-refractivity contribution in [1.82, 2.24) is 19.7 Å². The second-order valence-corrected chi connectivity index (χ2v) is 5.40. The van der Waals surface area contributed by atoms with Crippen LogP contribution < -0.4 is 5.56 Å². The van der Waals surface area contributed by atoms with E-state index in [0.717, 1.165) is 12.1 Å². The second-order valence-electron chi connectivity index (χ2n) is 5.40. The highest BCUT2D eigenvalue weighted by atomic mass is 19.4. The molecule has 0 saturated heterocycles. The molecule has 5 nitrogen and oxygen atoms in total. The highest BCUT2D eigenvalue weighted by molar-refractivity contribution is 5.51. The molecule has 0 amide bonds.